The molecule has 0 aliphatic heterocycles. The van der Waals surface area contributed by atoms with Crippen LogP contribution in [0.25, 0.3) is 0 Å². The van der Waals surface area contributed by atoms with Gasteiger partial charge in [-0.3, -0.25) is 9.88 Å². The molecule has 0 radical (unpaired) electrons. The predicted molar refractivity (Wildman–Crippen MR) is 61.6 cm³/mol. The summed E-state index contributed by atoms with van der Waals surface area (Å²) in [5.41, 5.74) is 1.42. The van der Waals surface area contributed by atoms with Gasteiger partial charge in [-0.25, -0.2) is 0 Å². The maximum absolute atomic E-state index is 9.66. The van der Waals surface area contributed by atoms with E-state index in [2.05, 4.69) is 9.88 Å². The largest absolute Gasteiger partial charge is 0.389 e. The zero-order chi connectivity index (χ0) is 11.5. The fourth-order valence-corrected chi connectivity index (χ4v) is 1.68. The van der Waals surface area contributed by atoms with Crippen molar-refractivity contribution < 1.29 is 5.11 Å². The van der Waals surface area contributed by atoms with Gasteiger partial charge >= 0.3 is 0 Å². The number of likely N-dealkylation sites (N-methyl/N-ethyl adjacent to an activating group) is 1. The highest BCUT2D eigenvalue weighted by Gasteiger charge is 2.15. The number of hydrogen-bond donors (Lipinski definition) is 1. The lowest BCUT2D eigenvalue weighted by molar-refractivity contribution is 0.0421. The van der Waals surface area contributed by atoms with Crippen LogP contribution in [0.15, 0.2) is 18.2 Å². The molecule has 0 atom stereocenters. The molecule has 0 aliphatic carbocycles. The highest BCUT2D eigenvalue weighted by atomic mass is 16.3. The molecule has 0 spiro atoms. The smallest absolute Gasteiger partial charge is 0.0718 e. The topological polar surface area (TPSA) is 36.4 Å². The van der Waals surface area contributed by atoms with Gasteiger partial charge < -0.3 is 5.11 Å². The Morgan fingerprint density at radius 2 is 2.07 bits per heavy atom. The minimum Gasteiger partial charge on any atom is -0.389 e. The van der Waals surface area contributed by atoms with E-state index in [0.717, 1.165) is 17.9 Å². The highest BCUT2D eigenvalue weighted by Crippen LogP contribution is 2.07. The molecule has 0 aliphatic rings. The number of aromatic nitrogens is 1. The van der Waals surface area contributed by atoms with Gasteiger partial charge in [0.05, 0.1) is 11.3 Å². The van der Waals surface area contributed by atoms with Crippen LogP contribution < -0.4 is 0 Å². The quantitative estimate of drug-likeness (QED) is 0.816. The zero-order valence-electron chi connectivity index (χ0n) is 9.99. The van der Waals surface area contributed by atoms with Gasteiger partial charge in [0.15, 0.2) is 0 Å². The van der Waals surface area contributed by atoms with Gasteiger partial charge in [-0.05, 0) is 40.0 Å². The van der Waals surface area contributed by atoms with Gasteiger partial charge in [0, 0.05) is 18.8 Å². The molecule has 1 N–H and O–H groups in total. The van der Waals surface area contributed by atoms with Crippen molar-refractivity contribution in [3.8, 4) is 0 Å². The van der Waals surface area contributed by atoms with Gasteiger partial charge in [-0.1, -0.05) is 6.07 Å². The minimum atomic E-state index is -0.654. The third-order valence-corrected chi connectivity index (χ3v) is 2.03. The van der Waals surface area contributed by atoms with Crippen molar-refractivity contribution in [1.82, 2.24) is 9.88 Å². The van der Waals surface area contributed by atoms with Gasteiger partial charge in [-0.15, -0.1) is 0 Å². The molecular weight excluding hydrogens is 188 g/mol. The normalized spacial score (nSPS) is 12.1. The third kappa shape index (κ3) is 4.91. The molecule has 0 bridgehead atoms. The molecule has 1 aromatic heterocycles. The van der Waals surface area contributed by atoms with E-state index in [1.165, 1.54) is 0 Å². The van der Waals surface area contributed by atoms with Crippen LogP contribution in [0, 0.1) is 6.92 Å². The van der Waals surface area contributed by atoms with Crippen molar-refractivity contribution in [3.05, 3.63) is 29.6 Å². The Labute approximate surface area is 91.8 Å². The third-order valence-electron chi connectivity index (χ3n) is 2.03. The van der Waals surface area contributed by atoms with E-state index in [4.69, 9.17) is 0 Å². The van der Waals surface area contributed by atoms with Crippen molar-refractivity contribution >= 4 is 0 Å². The zero-order valence-corrected chi connectivity index (χ0v) is 9.99. The lowest BCUT2D eigenvalue weighted by Gasteiger charge is -2.25. The van der Waals surface area contributed by atoms with E-state index in [1.807, 2.05) is 46.0 Å². The van der Waals surface area contributed by atoms with Gasteiger partial charge in [-0.2, -0.15) is 0 Å². The second-order valence-corrected chi connectivity index (χ2v) is 4.76. The van der Waals surface area contributed by atoms with Crippen LogP contribution in [0.3, 0.4) is 0 Å². The van der Waals surface area contributed by atoms with Crippen molar-refractivity contribution in [2.45, 2.75) is 32.9 Å². The summed E-state index contributed by atoms with van der Waals surface area (Å²) in [6.07, 6.45) is 0. The number of pyridine rings is 1. The molecule has 0 saturated carbocycles. The van der Waals surface area contributed by atoms with E-state index in [1.54, 1.807) is 0 Å². The molecule has 0 amide bonds. The molecule has 1 aromatic rings. The average Bonchev–Trinajstić information content (AvgIpc) is 1.99. The molecule has 0 unspecified atom stereocenters. The van der Waals surface area contributed by atoms with Crippen molar-refractivity contribution in [3.63, 3.8) is 0 Å². The standard InChI is InChI=1S/C12H20N2O/c1-10-6-5-7-11(13-10)8-14(4)9-12(2,3)15/h5-7,15H,8-9H2,1-4H3. The molecule has 3 heteroatoms. The van der Waals surface area contributed by atoms with Crippen LogP contribution >= 0.6 is 0 Å². The van der Waals surface area contributed by atoms with E-state index in [0.29, 0.717) is 6.54 Å². The first-order valence-corrected chi connectivity index (χ1v) is 5.20. The fourth-order valence-electron chi connectivity index (χ4n) is 1.68. The number of nitrogens with zero attached hydrogens (tertiary/aromatic N) is 2. The monoisotopic (exact) mass is 208 g/mol. The first kappa shape index (κ1) is 12.1. The Kier molecular flexibility index (Phi) is 3.83. The molecule has 0 fully saturated rings. The van der Waals surface area contributed by atoms with Crippen LogP contribution in [0.2, 0.25) is 0 Å². The lowest BCUT2D eigenvalue weighted by Crippen LogP contribution is -2.36. The molecule has 1 heterocycles. The molecule has 1 rings (SSSR count). The van der Waals surface area contributed by atoms with Crippen molar-refractivity contribution in [1.29, 1.82) is 0 Å². The summed E-state index contributed by atoms with van der Waals surface area (Å²) in [6.45, 7) is 7.02. The summed E-state index contributed by atoms with van der Waals surface area (Å²) in [7, 11) is 1.99. The van der Waals surface area contributed by atoms with E-state index in [-0.39, 0.29) is 0 Å². The summed E-state index contributed by atoms with van der Waals surface area (Å²) in [5.74, 6) is 0. The average molecular weight is 208 g/mol. The van der Waals surface area contributed by atoms with Crippen LogP contribution in [0.4, 0.5) is 0 Å². The highest BCUT2D eigenvalue weighted by molar-refractivity contribution is 5.09. The number of hydrogen-bond acceptors (Lipinski definition) is 3. The number of rotatable bonds is 4. The molecule has 15 heavy (non-hydrogen) atoms. The molecule has 0 saturated heterocycles. The summed E-state index contributed by atoms with van der Waals surface area (Å²) in [6, 6.07) is 6.00. The second kappa shape index (κ2) is 4.73. The van der Waals surface area contributed by atoms with Crippen molar-refractivity contribution in [2.75, 3.05) is 13.6 Å². The van der Waals surface area contributed by atoms with E-state index >= 15 is 0 Å². The first-order chi connectivity index (χ1) is 6.87. The Morgan fingerprint density at radius 1 is 1.40 bits per heavy atom. The maximum Gasteiger partial charge on any atom is 0.0718 e. The number of aliphatic hydroxyl groups is 1. The Balaban J connectivity index is 2.55. The lowest BCUT2D eigenvalue weighted by atomic mass is 10.1. The van der Waals surface area contributed by atoms with Gasteiger partial charge in [0.2, 0.25) is 0 Å². The van der Waals surface area contributed by atoms with Crippen LogP contribution in [-0.4, -0.2) is 34.2 Å². The van der Waals surface area contributed by atoms with Crippen LogP contribution in [0.5, 0.6) is 0 Å². The first-order valence-electron chi connectivity index (χ1n) is 5.20. The SMILES string of the molecule is Cc1cccc(CN(C)CC(C)(C)O)n1. The van der Waals surface area contributed by atoms with Gasteiger partial charge in [0.25, 0.3) is 0 Å². The van der Waals surface area contributed by atoms with Gasteiger partial charge in [0.1, 0.15) is 0 Å². The second-order valence-electron chi connectivity index (χ2n) is 4.76. The summed E-state index contributed by atoms with van der Waals surface area (Å²) in [5, 5.41) is 9.66. The molecule has 84 valence electrons. The van der Waals surface area contributed by atoms with E-state index in [9.17, 15) is 5.11 Å². The van der Waals surface area contributed by atoms with E-state index < -0.39 is 5.60 Å². The fraction of sp³-hybridized carbons (Fsp3) is 0.583. The summed E-state index contributed by atoms with van der Waals surface area (Å²) >= 11 is 0. The Bertz CT molecular complexity index is 318. The Hall–Kier alpha value is -0.930. The predicted octanol–water partition coefficient (Wildman–Crippen LogP) is 1.59. The van der Waals surface area contributed by atoms with Crippen LogP contribution in [-0.2, 0) is 6.54 Å². The van der Waals surface area contributed by atoms with Crippen molar-refractivity contribution in [2.24, 2.45) is 0 Å². The number of aryl methyl sites for hydroxylation is 1. The molecule has 3 nitrogen and oxygen atoms in total. The minimum absolute atomic E-state index is 0.641. The van der Waals surface area contributed by atoms with Crippen LogP contribution in [0.1, 0.15) is 25.2 Å². The summed E-state index contributed by atoms with van der Waals surface area (Å²) < 4.78 is 0. The molecular formula is C12H20N2O. The summed E-state index contributed by atoms with van der Waals surface area (Å²) in [4.78, 5) is 6.49. The maximum atomic E-state index is 9.66. The molecule has 0 aromatic carbocycles. The Morgan fingerprint density at radius 3 is 2.60 bits per heavy atom.